The quantitative estimate of drug-likeness (QED) is 0.382. The zero-order valence-corrected chi connectivity index (χ0v) is 16.7. The van der Waals surface area contributed by atoms with Crippen LogP contribution in [0.2, 0.25) is 5.02 Å². The molecule has 1 fully saturated rings. The number of halogens is 1. The molecule has 0 aliphatic carbocycles. The molecule has 0 spiro atoms. The van der Waals surface area contributed by atoms with E-state index in [4.69, 9.17) is 25.5 Å². The number of esters is 2. The van der Waals surface area contributed by atoms with Crippen molar-refractivity contribution in [3.63, 3.8) is 0 Å². The van der Waals surface area contributed by atoms with Crippen LogP contribution in [-0.2, 0) is 19.1 Å². The number of ether oxygens (including phenoxy) is 2. The van der Waals surface area contributed by atoms with Crippen LogP contribution in [0.4, 0.5) is 5.69 Å². The monoisotopic (exact) mass is 412 g/mol. The highest BCUT2D eigenvalue weighted by molar-refractivity contribution is 6.31. The lowest BCUT2D eigenvalue weighted by Crippen LogP contribution is -2.42. The number of fused-ring (bicyclic) bond motifs is 1. The fourth-order valence-corrected chi connectivity index (χ4v) is 3.03. The van der Waals surface area contributed by atoms with Crippen molar-refractivity contribution in [2.75, 3.05) is 5.32 Å². The van der Waals surface area contributed by atoms with E-state index in [1.54, 1.807) is 18.2 Å². The van der Waals surface area contributed by atoms with E-state index in [1.807, 2.05) is 25.1 Å². The lowest BCUT2D eigenvalue weighted by atomic mass is 10.1. The molecule has 0 amide bonds. The van der Waals surface area contributed by atoms with Gasteiger partial charge >= 0.3 is 11.9 Å². The molecule has 0 unspecified atom stereocenters. The topological polar surface area (TPSA) is 90.7 Å². The van der Waals surface area contributed by atoms with E-state index in [2.05, 4.69) is 10.3 Å². The minimum atomic E-state index is -1.28. The van der Waals surface area contributed by atoms with Crippen LogP contribution in [0.5, 0.6) is 0 Å². The smallest absolute Gasteiger partial charge is 0.350 e. The zero-order chi connectivity index (χ0) is 20.8. The molecule has 0 atom stereocenters. The van der Waals surface area contributed by atoms with Gasteiger partial charge in [0.15, 0.2) is 11.2 Å². The molecule has 2 aromatic carbocycles. The number of aryl methyl sites for hydroxylation is 1. The molecular formula is C21H17ClN2O5. The molecule has 29 heavy (non-hydrogen) atoms. The van der Waals surface area contributed by atoms with Crippen molar-refractivity contribution in [2.45, 2.75) is 26.6 Å². The molecule has 1 aromatic heterocycles. The molecular weight excluding hydrogens is 396 g/mol. The largest absolute Gasteiger partial charge is 0.436 e. The summed E-state index contributed by atoms with van der Waals surface area (Å²) in [4.78, 5) is 28.6. The molecule has 7 nitrogen and oxygen atoms in total. The fraction of sp³-hybridized carbons (Fsp3) is 0.190. The average molecular weight is 413 g/mol. The van der Waals surface area contributed by atoms with Gasteiger partial charge in [-0.15, -0.1) is 0 Å². The number of carbonyl (C=O) groups is 2. The van der Waals surface area contributed by atoms with Gasteiger partial charge in [-0.25, -0.2) is 14.6 Å². The summed E-state index contributed by atoms with van der Waals surface area (Å²) in [6, 6.07) is 10.8. The van der Waals surface area contributed by atoms with Crippen LogP contribution < -0.4 is 5.32 Å². The van der Waals surface area contributed by atoms with Gasteiger partial charge in [0.25, 0.3) is 5.79 Å². The molecule has 0 bridgehead atoms. The van der Waals surface area contributed by atoms with Crippen molar-refractivity contribution in [1.29, 1.82) is 0 Å². The van der Waals surface area contributed by atoms with Gasteiger partial charge in [0.2, 0.25) is 5.89 Å². The standard InChI is InChI=1S/C21H17ClN2O5/c1-11-4-5-12(18-24-16-9-13(22)6-7-17(16)27-18)8-15(11)23-10-14-19(25)28-21(2,3)29-20(14)26/h4-10,23H,1-3H3. The highest BCUT2D eigenvalue weighted by atomic mass is 35.5. The van der Waals surface area contributed by atoms with Crippen molar-refractivity contribution >= 4 is 40.3 Å². The Morgan fingerprint density at radius 1 is 1.07 bits per heavy atom. The number of oxazole rings is 1. The Morgan fingerprint density at radius 2 is 1.79 bits per heavy atom. The van der Waals surface area contributed by atoms with Crippen LogP contribution in [0, 0.1) is 6.92 Å². The summed E-state index contributed by atoms with van der Waals surface area (Å²) >= 11 is 6.00. The lowest BCUT2D eigenvalue weighted by Gasteiger charge is -2.29. The van der Waals surface area contributed by atoms with Gasteiger partial charge in [0, 0.05) is 36.3 Å². The molecule has 0 saturated carbocycles. The Kier molecular flexibility index (Phi) is 4.55. The number of hydrogen-bond donors (Lipinski definition) is 1. The van der Waals surface area contributed by atoms with Crippen molar-refractivity contribution < 1.29 is 23.5 Å². The van der Waals surface area contributed by atoms with Gasteiger partial charge in [-0.2, -0.15) is 0 Å². The molecule has 4 rings (SSSR count). The predicted octanol–water partition coefficient (Wildman–Crippen LogP) is 4.59. The van der Waals surface area contributed by atoms with E-state index in [0.717, 1.165) is 11.1 Å². The average Bonchev–Trinajstić information content (AvgIpc) is 3.04. The third kappa shape index (κ3) is 3.82. The van der Waals surface area contributed by atoms with Gasteiger partial charge in [0.1, 0.15) is 5.52 Å². The normalized spacial score (nSPS) is 15.8. The van der Waals surface area contributed by atoms with E-state index in [1.165, 1.54) is 20.0 Å². The van der Waals surface area contributed by atoms with E-state index < -0.39 is 17.7 Å². The Labute approximate surface area is 171 Å². The van der Waals surface area contributed by atoms with Crippen LogP contribution >= 0.6 is 11.6 Å². The number of carbonyl (C=O) groups excluding carboxylic acids is 2. The summed E-state index contributed by atoms with van der Waals surface area (Å²) in [5.74, 6) is -2.35. The Morgan fingerprint density at radius 3 is 2.52 bits per heavy atom. The highest BCUT2D eigenvalue weighted by Crippen LogP contribution is 2.29. The number of nitrogens with one attached hydrogen (secondary N) is 1. The minimum Gasteiger partial charge on any atom is -0.436 e. The van der Waals surface area contributed by atoms with Crippen LogP contribution in [-0.4, -0.2) is 22.7 Å². The number of rotatable bonds is 3. The number of nitrogens with zero attached hydrogens (tertiary/aromatic N) is 1. The minimum absolute atomic E-state index is 0.217. The SMILES string of the molecule is Cc1ccc(-c2nc3cc(Cl)ccc3o2)cc1NC=C1C(=O)OC(C)(C)OC1=O. The Balaban J connectivity index is 1.63. The molecule has 1 aliphatic rings. The number of hydrogen-bond acceptors (Lipinski definition) is 7. The first kappa shape index (κ1) is 19.0. The summed E-state index contributed by atoms with van der Waals surface area (Å²) in [6.45, 7) is 4.87. The zero-order valence-electron chi connectivity index (χ0n) is 15.9. The lowest BCUT2D eigenvalue weighted by molar-refractivity contribution is -0.222. The van der Waals surface area contributed by atoms with Crippen LogP contribution in [0.3, 0.4) is 0 Å². The summed E-state index contributed by atoms with van der Waals surface area (Å²) in [7, 11) is 0. The molecule has 2 heterocycles. The number of benzene rings is 2. The van der Waals surface area contributed by atoms with E-state index in [-0.39, 0.29) is 5.57 Å². The van der Waals surface area contributed by atoms with Gasteiger partial charge in [0.05, 0.1) is 0 Å². The number of cyclic esters (lactones) is 2. The Hall–Kier alpha value is -3.32. The fourth-order valence-electron chi connectivity index (χ4n) is 2.86. The number of aromatic nitrogens is 1. The van der Waals surface area contributed by atoms with Gasteiger partial charge < -0.3 is 19.2 Å². The second kappa shape index (κ2) is 6.93. The number of anilines is 1. The van der Waals surface area contributed by atoms with Crippen LogP contribution in [0.25, 0.3) is 22.6 Å². The van der Waals surface area contributed by atoms with Gasteiger partial charge in [-0.1, -0.05) is 17.7 Å². The molecule has 3 aromatic rings. The second-order valence-electron chi connectivity index (χ2n) is 7.04. The van der Waals surface area contributed by atoms with Crippen molar-refractivity contribution in [3.05, 3.63) is 58.8 Å². The first-order chi connectivity index (χ1) is 13.7. The first-order valence-electron chi connectivity index (χ1n) is 8.82. The summed E-state index contributed by atoms with van der Waals surface area (Å²) < 4.78 is 16.0. The van der Waals surface area contributed by atoms with Crippen LogP contribution in [0.15, 0.2) is 52.6 Å². The molecule has 1 N–H and O–H groups in total. The molecule has 1 saturated heterocycles. The predicted molar refractivity (Wildman–Crippen MR) is 107 cm³/mol. The van der Waals surface area contributed by atoms with Crippen molar-refractivity contribution in [1.82, 2.24) is 4.98 Å². The summed E-state index contributed by atoms with van der Waals surface area (Å²) in [5.41, 5.74) is 3.34. The molecule has 1 aliphatic heterocycles. The van der Waals surface area contributed by atoms with E-state index in [9.17, 15) is 9.59 Å². The maximum absolute atomic E-state index is 12.1. The molecule has 0 radical (unpaired) electrons. The third-order valence-electron chi connectivity index (χ3n) is 4.32. The maximum atomic E-state index is 12.1. The van der Waals surface area contributed by atoms with Crippen molar-refractivity contribution in [3.8, 4) is 11.5 Å². The molecule has 8 heteroatoms. The third-order valence-corrected chi connectivity index (χ3v) is 4.56. The van der Waals surface area contributed by atoms with Crippen molar-refractivity contribution in [2.24, 2.45) is 0 Å². The summed E-state index contributed by atoms with van der Waals surface area (Å²) in [5, 5.41) is 3.54. The van der Waals surface area contributed by atoms with E-state index >= 15 is 0 Å². The van der Waals surface area contributed by atoms with Crippen LogP contribution in [0.1, 0.15) is 19.4 Å². The molecule has 148 valence electrons. The maximum Gasteiger partial charge on any atom is 0.350 e. The summed E-state index contributed by atoms with van der Waals surface area (Å²) in [6.07, 6.45) is 1.28. The highest BCUT2D eigenvalue weighted by Gasteiger charge is 2.38. The first-order valence-corrected chi connectivity index (χ1v) is 9.20. The van der Waals surface area contributed by atoms with Gasteiger partial charge in [-0.05, 0) is 42.8 Å². The Bertz CT molecular complexity index is 1160. The second-order valence-corrected chi connectivity index (χ2v) is 7.48. The van der Waals surface area contributed by atoms with Gasteiger partial charge in [-0.3, -0.25) is 0 Å². The van der Waals surface area contributed by atoms with E-state index in [0.29, 0.717) is 27.7 Å².